The minimum absolute atomic E-state index is 0.587. The second-order valence-corrected chi connectivity index (χ2v) is 10.5. The standard InChI is InChI=1S/C23H22Cl2N4S.2C2H2O4/c1-14-15(2)30-23-21(14)22(27-12-17-5-9-19(25)10-6-17)28-20(29-23)13-26-11-16-3-7-18(24)8-4-16;2*3-1(4)2(5)6/h3-10,26H,11-13H2,1-2H3,(H,27,28,29);2*(H,3,4)(H,5,6). The van der Waals surface area contributed by atoms with E-state index in [1.165, 1.54) is 16.0 Å². The van der Waals surface area contributed by atoms with Gasteiger partial charge in [-0.3, -0.25) is 0 Å². The molecule has 0 aliphatic carbocycles. The van der Waals surface area contributed by atoms with Crippen molar-refractivity contribution in [3.05, 3.63) is 86.0 Å². The molecular formula is C27H26Cl2N4O8S. The molecule has 0 unspecified atom stereocenters. The number of carboxylic acid groups (broad SMARTS) is 4. The molecule has 222 valence electrons. The first-order valence-electron chi connectivity index (χ1n) is 11.9. The highest BCUT2D eigenvalue weighted by Crippen LogP contribution is 2.33. The van der Waals surface area contributed by atoms with E-state index in [2.05, 4.69) is 24.5 Å². The third-order valence-corrected chi connectivity index (χ3v) is 6.94. The minimum Gasteiger partial charge on any atom is -0.473 e. The molecule has 15 heteroatoms. The Morgan fingerprint density at radius 3 is 1.62 bits per heavy atom. The Morgan fingerprint density at radius 2 is 1.17 bits per heavy atom. The maximum atomic E-state index is 9.10. The molecule has 2 heterocycles. The zero-order valence-electron chi connectivity index (χ0n) is 22.2. The number of fused-ring (bicyclic) bond motifs is 1. The Labute approximate surface area is 253 Å². The molecule has 0 saturated heterocycles. The van der Waals surface area contributed by atoms with Gasteiger partial charge in [-0.2, -0.15) is 0 Å². The van der Waals surface area contributed by atoms with Gasteiger partial charge >= 0.3 is 23.9 Å². The van der Waals surface area contributed by atoms with Crippen molar-refractivity contribution < 1.29 is 39.6 Å². The van der Waals surface area contributed by atoms with E-state index in [9.17, 15) is 0 Å². The highest BCUT2D eigenvalue weighted by molar-refractivity contribution is 7.18. The first-order chi connectivity index (χ1) is 19.8. The molecule has 0 bridgehead atoms. The van der Waals surface area contributed by atoms with Gasteiger partial charge in [0.05, 0.1) is 11.9 Å². The summed E-state index contributed by atoms with van der Waals surface area (Å²) in [4.78, 5) is 48.3. The van der Waals surface area contributed by atoms with Crippen LogP contribution in [0.1, 0.15) is 27.4 Å². The van der Waals surface area contributed by atoms with E-state index >= 15 is 0 Å². The molecule has 0 fully saturated rings. The van der Waals surface area contributed by atoms with Gasteiger partial charge < -0.3 is 31.1 Å². The summed E-state index contributed by atoms with van der Waals surface area (Å²) in [5.41, 5.74) is 3.55. The topological polar surface area (TPSA) is 199 Å². The van der Waals surface area contributed by atoms with E-state index in [0.29, 0.717) is 13.1 Å². The summed E-state index contributed by atoms with van der Waals surface area (Å²) < 4.78 is 0. The van der Waals surface area contributed by atoms with Crippen molar-refractivity contribution in [2.24, 2.45) is 0 Å². The van der Waals surface area contributed by atoms with Crippen LogP contribution in [-0.4, -0.2) is 54.3 Å². The van der Waals surface area contributed by atoms with Crippen molar-refractivity contribution in [2.45, 2.75) is 33.5 Å². The third kappa shape index (κ3) is 10.9. The molecule has 0 aliphatic heterocycles. The zero-order valence-corrected chi connectivity index (χ0v) is 24.5. The quantitative estimate of drug-likeness (QED) is 0.151. The number of aromatic nitrogens is 2. The lowest BCUT2D eigenvalue weighted by atomic mass is 10.2. The highest BCUT2D eigenvalue weighted by Gasteiger charge is 2.14. The van der Waals surface area contributed by atoms with E-state index in [1.807, 2.05) is 48.5 Å². The summed E-state index contributed by atoms with van der Waals surface area (Å²) in [6.07, 6.45) is 0. The predicted molar refractivity (Wildman–Crippen MR) is 158 cm³/mol. The highest BCUT2D eigenvalue weighted by atomic mass is 35.5. The monoisotopic (exact) mass is 636 g/mol. The molecule has 0 saturated carbocycles. The predicted octanol–water partition coefficient (Wildman–Crippen LogP) is 4.83. The number of thiophene rings is 1. The second kappa shape index (κ2) is 16.2. The number of hydrogen-bond acceptors (Lipinski definition) is 9. The smallest absolute Gasteiger partial charge is 0.414 e. The van der Waals surface area contributed by atoms with Crippen LogP contribution in [-0.2, 0) is 38.8 Å². The Kier molecular flexibility index (Phi) is 13.1. The lowest BCUT2D eigenvalue weighted by molar-refractivity contribution is -0.159. The number of hydrogen-bond donors (Lipinski definition) is 6. The summed E-state index contributed by atoms with van der Waals surface area (Å²) >= 11 is 13.7. The molecule has 4 rings (SSSR count). The summed E-state index contributed by atoms with van der Waals surface area (Å²) in [5, 5.41) is 39.1. The summed E-state index contributed by atoms with van der Waals surface area (Å²) in [5.74, 6) is -5.65. The average molecular weight is 637 g/mol. The van der Waals surface area contributed by atoms with Gasteiger partial charge in [-0.05, 0) is 54.8 Å². The average Bonchev–Trinajstić information content (AvgIpc) is 3.22. The molecule has 2 aromatic carbocycles. The molecule has 6 N–H and O–H groups in total. The summed E-state index contributed by atoms with van der Waals surface area (Å²) in [7, 11) is 0. The van der Waals surface area contributed by atoms with Crippen molar-refractivity contribution in [1.29, 1.82) is 0 Å². The number of anilines is 1. The van der Waals surface area contributed by atoms with Gasteiger partial charge in [-0.15, -0.1) is 11.3 Å². The number of halogens is 2. The molecule has 0 radical (unpaired) electrons. The number of benzene rings is 2. The van der Waals surface area contributed by atoms with Crippen LogP contribution in [0.2, 0.25) is 10.0 Å². The fourth-order valence-electron chi connectivity index (χ4n) is 3.21. The number of nitrogens with zero attached hydrogens (tertiary/aromatic N) is 2. The Balaban J connectivity index is 0.000000434. The summed E-state index contributed by atoms with van der Waals surface area (Å²) in [6, 6.07) is 15.7. The zero-order chi connectivity index (χ0) is 31.4. The van der Waals surface area contributed by atoms with Gasteiger partial charge in [-0.25, -0.2) is 29.1 Å². The van der Waals surface area contributed by atoms with Gasteiger partial charge in [0.2, 0.25) is 0 Å². The molecule has 0 aliphatic rings. The minimum atomic E-state index is -1.82. The third-order valence-electron chi connectivity index (χ3n) is 5.34. The van der Waals surface area contributed by atoms with E-state index in [4.69, 9.17) is 72.8 Å². The number of rotatable bonds is 7. The molecule has 42 heavy (non-hydrogen) atoms. The SMILES string of the molecule is Cc1sc2nc(CNCc3ccc(Cl)cc3)nc(NCc3ccc(Cl)cc3)c2c1C.O=C(O)C(=O)O.O=C(O)C(=O)O. The van der Waals surface area contributed by atoms with E-state index < -0.39 is 23.9 Å². The largest absolute Gasteiger partial charge is 0.473 e. The Hall–Kier alpha value is -4.30. The molecule has 0 spiro atoms. The van der Waals surface area contributed by atoms with Crippen LogP contribution < -0.4 is 10.6 Å². The van der Waals surface area contributed by atoms with Crippen LogP contribution in [0.15, 0.2) is 48.5 Å². The maximum absolute atomic E-state index is 9.10. The van der Waals surface area contributed by atoms with Crippen molar-refractivity contribution in [3.8, 4) is 0 Å². The van der Waals surface area contributed by atoms with Crippen molar-refractivity contribution >= 4 is 74.5 Å². The lowest BCUT2D eigenvalue weighted by Gasteiger charge is -2.11. The normalized spacial score (nSPS) is 10.1. The Bertz CT molecular complexity index is 1510. The van der Waals surface area contributed by atoms with Crippen LogP contribution in [0.25, 0.3) is 10.2 Å². The van der Waals surface area contributed by atoms with Crippen LogP contribution in [0.5, 0.6) is 0 Å². The number of aryl methyl sites for hydroxylation is 2. The fourth-order valence-corrected chi connectivity index (χ4v) is 4.51. The van der Waals surface area contributed by atoms with E-state index in [-0.39, 0.29) is 0 Å². The lowest BCUT2D eigenvalue weighted by Crippen LogP contribution is -2.15. The molecule has 0 amide bonds. The number of carbonyl (C=O) groups is 4. The fraction of sp³-hybridized carbons (Fsp3) is 0.185. The molecule has 0 atom stereocenters. The van der Waals surface area contributed by atoms with Crippen molar-refractivity contribution in [2.75, 3.05) is 5.32 Å². The number of aliphatic carboxylic acids is 4. The first-order valence-corrected chi connectivity index (χ1v) is 13.5. The van der Waals surface area contributed by atoms with Crippen molar-refractivity contribution in [3.63, 3.8) is 0 Å². The van der Waals surface area contributed by atoms with Crippen LogP contribution in [0.3, 0.4) is 0 Å². The van der Waals surface area contributed by atoms with Gasteiger partial charge in [0.1, 0.15) is 16.5 Å². The van der Waals surface area contributed by atoms with Crippen LogP contribution >= 0.6 is 34.5 Å². The van der Waals surface area contributed by atoms with Gasteiger partial charge in [0.15, 0.2) is 0 Å². The first kappa shape index (κ1) is 33.9. The van der Waals surface area contributed by atoms with E-state index in [0.717, 1.165) is 44.0 Å². The van der Waals surface area contributed by atoms with Crippen LogP contribution in [0.4, 0.5) is 5.82 Å². The molecular weight excluding hydrogens is 611 g/mol. The molecule has 2 aromatic heterocycles. The van der Waals surface area contributed by atoms with E-state index in [1.54, 1.807) is 11.3 Å². The molecule has 4 aromatic rings. The number of carboxylic acids is 4. The second-order valence-electron chi connectivity index (χ2n) is 8.38. The Morgan fingerprint density at radius 1 is 0.714 bits per heavy atom. The molecule has 12 nitrogen and oxygen atoms in total. The summed E-state index contributed by atoms with van der Waals surface area (Å²) in [6.45, 7) is 6.25. The maximum Gasteiger partial charge on any atom is 0.414 e. The van der Waals surface area contributed by atoms with Crippen molar-refractivity contribution in [1.82, 2.24) is 15.3 Å². The van der Waals surface area contributed by atoms with Crippen LogP contribution in [0, 0.1) is 13.8 Å². The van der Waals surface area contributed by atoms with Gasteiger partial charge in [0.25, 0.3) is 0 Å². The number of nitrogens with one attached hydrogen (secondary N) is 2. The van der Waals surface area contributed by atoms with Gasteiger partial charge in [-0.1, -0.05) is 47.5 Å². The van der Waals surface area contributed by atoms with Gasteiger partial charge in [0, 0.05) is 28.0 Å².